The second-order valence-corrected chi connectivity index (χ2v) is 16.1. The molecule has 2 bridgehead atoms. The zero-order chi connectivity index (χ0) is 43.3. The van der Waals surface area contributed by atoms with Crippen molar-refractivity contribution in [2.45, 2.75) is 76.3 Å². The predicted molar refractivity (Wildman–Crippen MR) is 222 cm³/mol. The van der Waals surface area contributed by atoms with E-state index in [1.165, 1.54) is 35.6 Å². The Bertz CT molecular complexity index is 2180. The average Bonchev–Trinajstić information content (AvgIpc) is 3.72. The van der Waals surface area contributed by atoms with E-state index in [0.717, 1.165) is 18.3 Å². The van der Waals surface area contributed by atoms with Gasteiger partial charge in [-0.2, -0.15) is 0 Å². The molecule has 0 fully saturated rings. The van der Waals surface area contributed by atoms with E-state index in [1.807, 2.05) is 0 Å². The molecule has 314 valence electrons. The van der Waals surface area contributed by atoms with Gasteiger partial charge in [-0.3, -0.25) is 38.4 Å². The van der Waals surface area contributed by atoms with E-state index in [-0.39, 0.29) is 31.4 Å². The first-order chi connectivity index (χ1) is 28.6. The Labute approximate surface area is 357 Å². The maximum atomic E-state index is 14.4. The summed E-state index contributed by atoms with van der Waals surface area (Å²) < 4.78 is 11.3. The number of hydrogen-bond acceptors (Lipinski definition) is 11. The molecule has 60 heavy (non-hydrogen) atoms. The lowest BCUT2D eigenvalue weighted by Gasteiger charge is -2.28. The van der Waals surface area contributed by atoms with Crippen molar-refractivity contribution in [3.8, 4) is 0 Å². The number of halogens is 1. The maximum absolute atomic E-state index is 14.4. The molecule has 0 saturated heterocycles. The van der Waals surface area contributed by atoms with Gasteiger partial charge in [0, 0.05) is 48.1 Å². The molecule has 3 heterocycles. The smallest absolute Gasteiger partial charge is 0.307 e. The summed E-state index contributed by atoms with van der Waals surface area (Å²) in [7, 11) is 0. The SMILES string of the molecule is CC(=O)O[C@H]1C(=O)Nc2ccc(cc2)C[C@H](C(=O)O)CC(=O)[C@@H](Cc2ccccc2)NC(=O)[C@H](Cc2ccc(Br)cc2)NC(=O)[C@@H](Cc2cccs2)NC(=O)[C@@H]1OC(C)=O. The lowest BCUT2D eigenvalue weighted by molar-refractivity contribution is -0.173. The highest BCUT2D eigenvalue weighted by molar-refractivity contribution is 9.10. The summed E-state index contributed by atoms with van der Waals surface area (Å²) in [6.45, 7) is 1.97. The number of ether oxygens (including phenoxy) is 2. The minimum absolute atomic E-state index is 0.0171. The minimum atomic E-state index is -2.08. The molecule has 0 unspecified atom stereocenters. The molecule has 0 aliphatic carbocycles. The number of hydrogen-bond donors (Lipinski definition) is 5. The zero-order valence-electron chi connectivity index (χ0n) is 32.6. The van der Waals surface area contributed by atoms with Crippen LogP contribution in [0.25, 0.3) is 0 Å². The van der Waals surface area contributed by atoms with Crippen molar-refractivity contribution in [2.24, 2.45) is 5.92 Å². The highest BCUT2D eigenvalue weighted by atomic mass is 79.9. The van der Waals surface area contributed by atoms with Crippen LogP contribution in [0.5, 0.6) is 0 Å². The first-order valence-corrected chi connectivity index (χ1v) is 20.5. The summed E-state index contributed by atoms with van der Waals surface area (Å²) in [5.74, 6) is -8.86. The van der Waals surface area contributed by atoms with Gasteiger partial charge in [0.1, 0.15) is 12.1 Å². The van der Waals surface area contributed by atoms with Crippen LogP contribution in [0.2, 0.25) is 0 Å². The summed E-state index contributed by atoms with van der Waals surface area (Å²) in [5, 5.41) is 22.6. The second-order valence-electron chi connectivity index (χ2n) is 14.1. The lowest BCUT2D eigenvalue weighted by atomic mass is 9.90. The molecule has 5 N–H and O–H groups in total. The van der Waals surface area contributed by atoms with Crippen LogP contribution in [-0.4, -0.2) is 82.8 Å². The highest BCUT2D eigenvalue weighted by Crippen LogP contribution is 2.21. The fraction of sp³-hybridized carbons (Fsp3) is 0.302. The molecular weight excluding hydrogens is 860 g/mol. The van der Waals surface area contributed by atoms with Crippen LogP contribution in [0, 0.1) is 5.92 Å². The van der Waals surface area contributed by atoms with Gasteiger partial charge >= 0.3 is 17.9 Å². The molecule has 4 aromatic rings. The van der Waals surface area contributed by atoms with Gasteiger partial charge in [0.25, 0.3) is 11.8 Å². The van der Waals surface area contributed by atoms with Crippen LogP contribution >= 0.6 is 27.3 Å². The summed E-state index contributed by atoms with van der Waals surface area (Å²) in [4.78, 5) is 109. The summed E-state index contributed by atoms with van der Waals surface area (Å²) in [6, 6.07) is 21.2. The molecule has 2 aliphatic heterocycles. The van der Waals surface area contributed by atoms with Crippen molar-refractivity contribution in [1.82, 2.24) is 16.0 Å². The van der Waals surface area contributed by atoms with E-state index in [0.29, 0.717) is 21.6 Å². The van der Waals surface area contributed by atoms with Gasteiger partial charge in [0.15, 0.2) is 5.78 Å². The number of nitrogens with one attached hydrogen (secondary N) is 4. The Morgan fingerprint density at radius 3 is 1.78 bits per heavy atom. The highest BCUT2D eigenvalue weighted by Gasteiger charge is 2.41. The molecule has 2 aliphatic rings. The van der Waals surface area contributed by atoms with Crippen molar-refractivity contribution >= 4 is 80.3 Å². The monoisotopic (exact) mass is 902 g/mol. The summed E-state index contributed by atoms with van der Waals surface area (Å²) in [6.07, 6.45) is -4.84. The van der Waals surface area contributed by atoms with Crippen LogP contribution in [0.1, 0.15) is 41.8 Å². The largest absolute Gasteiger partial charge is 0.481 e. The van der Waals surface area contributed by atoms with E-state index >= 15 is 0 Å². The van der Waals surface area contributed by atoms with E-state index in [4.69, 9.17) is 9.47 Å². The van der Waals surface area contributed by atoms with Crippen molar-refractivity contribution in [3.63, 3.8) is 0 Å². The van der Waals surface area contributed by atoms with Gasteiger partial charge in [-0.25, -0.2) is 0 Å². The van der Waals surface area contributed by atoms with Gasteiger partial charge in [-0.1, -0.05) is 76.6 Å². The van der Waals surface area contributed by atoms with Crippen molar-refractivity contribution in [3.05, 3.63) is 122 Å². The average molecular weight is 904 g/mol. The molecule has 1 aromatic heterocycles. The third-order valence-corrected chi connectivity index (χ3v) is 10.9. The van der Waals surface area contributed by atoms with Crippen molar-refractivity contribution in [2.75, 3.05) is 5.32 Å². The second kappa shape index (κ2) is 21.2. The van der Waals surface area contributed by atoms with Gasteiger partial charge in [-0.05, 0) is 65.2 Å². The minimum Gasteiger partial charge on any atom is -0.481 e. The molecule has 0 saturated carbocycles. The molecule has 3 aromatic carbocycles. The number of aliphatic carboxylic acids is 1. The third kappa shape index (κ3) is 13.2. The number of carbonyl (C=O) groups excluding carboxylic acids is 7. The summed E-state index contributed by atoms with van der Waals surface area (Å²) >= 11 is 4.67. The van der Waals surface area contributed by atoms with Gasteiger partial charge in [0.05, 0.1) is 12.0 Å². The Kier molecular flexibility index (Phi) is 15.8. The van der Waals surface area contributed by atoms with Crippen molar-refractivity contribution < 1.29 is 52.9 Å². The van der Waals surface area contributed by atoms with E-state index in [9.17, 15) is 43.5 Å². The quantitative estimate of drug-likeness (QED) is 0.120. The lowest BCUT2D eigenvalue weighted by Crippen LogP contribution is -2.59. The number of carbonyl (C=O) groups is 8. The number of carboxylic acids is 1. The number of benzene rings is 3. The first kappa shape index (κ1) is 44.9. The van der Waals surface area contributed by atoms with Crippen molar-refractivity contribution in [1.29, 1.82) is 0 Å². The number of esters is 2. The molecule has 6 atom stereocenters. The molecule has 17 heteroatoms. The van der Waals surface area contributed by atoms with Crippen LogP contribution in [-0.2, 0) is 73.5 Å². The number of anilines is 1. The van der Waals surface area contributed by atoms with E-state index in [2.05, 4.69) is 37.2 Å². The Hall–Kier alpha value is -6.20. The zero-order valence-corrected chi connectivity index (χ0v) is 35.0. The number of rotatable bonds is 9. The Balaban J connectivity index is 1.60. The molecule has 6 rings (SSSR count). The topological polar surface area (TPSA) is 223 Å². The van der Waals surface area contributed by atoms with Crippen LogP contribution < -0.4 is 21.3 Å². The number of Topliss-reactive ketones (excluding diaryl/α,β-unsaturated/α-hetero) is 1. The molecule has 15 nitrogen and oxygen atoms in total. The predicted octanol–water partition coefficient (Wildman–Crippen LogP) is 3.71. The molecule has 0 radical (unpaired) electrons. The molecular formula is C43H43BrN4O11S. The van der Waals surface area contributed by atoms with E-state index < -0.39 is 90.0 Å². The first-order valence-electron chi connectivity index (χ1n) is 18.9. The van der Waals surface area contributed by atoms with E-state index in [1.54, 1.807) is 72.1 Å². The standard InChI is InChI=1S/C43H43BrN4O11S/c1-24(49)58-37-38(59-25(2)50)42(55)48-35(23-32-9-6-18-60-32)40(53)47-34(21-28-10-14-30(44)15-11-28)39(52)46-33(20-26-7-4-3-5-8-26)36(51)22-29(43(56)57)19-27-12-16-31(17-13-27)45-41(37)54/h3-18,29,33-35,37-38H,19-23H2,1-2H3,(H,45,54)(H,46,52)(H,47,53)(H,48,55)(H,56,57)/t29-,33+,34-,35+,37+,38+/m0/s1. The number of fused-ring (bicyclic) bond motifs is 18. The van der Waals surface area contributed by atoms with Gasteiger partial charge in [0.2, 0.25) is 24.0 Å². The fourth-order valence-electron chi connectivity index (χ4n) is 6.52. The number of amides is 4. The molecule has 0 spiro atoms. The Morgan fingerprint density at radius 2 is 1.20 bits per heavy atom. The fourth-order valence-corrected chi connectivity index (χ4v) is 7.53. The summed E-state index contributed by atoms with van der Waals surface area (Å²) in [5.41, 5.74) is 1.95. The third-order valence-electron chi connectivity index (χ3n) is 9.47. The maximum Gasteiger partial charge on any atom is 0.307 e. The number of ketones is 1. The normalized spacial score (nSPS) is 21.9. The number of thiophene rings is 1. The Morgan fingerprint density at radius 1 is 0.650 bits per heavy atom. The van der Waals surface area contributed by atoms with Gasteiger partial charge in [-0.15, -0.1) is 11.3 Å². The van der Waals surface area contributed by atoms with Crippen LogP contribution in [0.15, 0.2) is 101 Å². The van der Waals surface area contributed by atoms with Gasteiger partial charge < -0.3 is 35.8 Å². The van der Waals surface area contributed by atoms with Crippen LogP contribution in [0.3, 0.4) is 0 Å². The van der Waals surface area contributed by atoms with Crippen LogP contribution in [0.4, 0.5) is 5.69 Å². The number of carboxylic acid groups (broad SMARTS) is 1. The molecule has 4 amide bonds.